The van der Waals surface area contributed by atoms with Gasteiger partial charge in [-0.3, -0.25) is 9.69 Å². The van der Waals surface area contributed by atoms with Gasteiger partial charge in [-0.15, -0.1) is 5.92 Å². The number of rotatable bonds is 13. The normalized spacial score (nSPS) is 11.6. The standard InChI is InChI=1S/C28H31NO4S/c1-3-5-26(17-28(30)31)25-8-10-27(11-9-25)33-20-23-7-4-6-22(16-23)18-29(13-14-32-2)19-24-12-15-34-21-24/h4,6-12,15-16,21,26H,13-14,17-20H2,1-2H3,(H,30,31)/t26-/m0/s1. The number of benzene rings is 2. The van der Waals surface area contributed by atoms with Crippen LogP contribution in [0.3, 0.4) is 0 Å². The topological polar surface area (TPSA) is 59.0 Å². The van der Waals surface area contributed by atoms with Gasteiger partial charge in [0.1, 0.15) is 12.4 Å². The number of methoxy groups -OCH3 is 1. The fraction of sp³-hybridized carbons (Fsp3) is 0.321. The lowest BCUT2D eigenvalue weighted by Crippen LogP contribution is -2.26. The molecule has 178 valence electrons. The number of aliphatic carboxylic acids is 1. The maximum absolute atomic E-state index is 11.1. The fourth-order valence-corrected chi connectivity index (χ4v) is 4.38. The van der Waals surface area contributed by atoms with E-state index in [1.165, 1.54) is 11.1 Å². The Morgan fingerprint density at radius 2 is 1.85 bits per heavy atom. The van der Waals surface area contributed by atoms with Crippen LogP contribution in [-0.4, -0.2) is 36.2 Å². The van der Waals surface area contributed by atoms with Crippen LogP contribution in [0.2, 0.25) is 0 Å². The summed E-state index contributed by atoms with van der Waals surface area (Å²) in [5, 5.41) is 13.4. The number of thiophene rings is 1. The molecule has 0 amide bonds. The maximum Gasteiger partial charge on any atom is 0.304 e. The Labute approximate surface area is 206 Å². The number of carboxylic acid groups (broad SMARTS) is 1. The predicted octanol–water partition coefficient (Wildman–Crippen LogP) is 5.56. The zero-order valence-corrected chi connectivity index (χ0v) is 20.5. The molecule has 34 heavy (non-hydrogen) atoms. The van der Waals surface area contributed by atoms with Gasteiger partial charge in [-0.2, -0.15) is 11.3 Å². The van der Waals surface area contributed by atoms with Crippen molar-refractivity contribution in [2.24, 2.45) is 0 Å². The summed E-state index contributed by atoms with van der Waals surface area (Å²) in [6.07, 6.45) is -0.0123. The quantitative estimate of drug-likeness (QED) is 0.327. The average Bonchev–Trinajstić information content (AvgIpc) is 3.34. The predicted molar refractivity (Wildman–Crippen MR) is 136 cm³/mol. The average molecular weight is 478 g/mol. The Morgan fingerprint density at radius 1 is 1.09 bits per heavy atom. The summed E-state index contributed by atoms with van der Waals surface area (Å²) in [5.41, 5.74) is 4.54. The molecule has 0 saturated heterocycles. The maximum atomic E-state index is 11.1. The largest absolute Gasteiger partial charge is 0.489 e. The second kappa shape index (κ2) is 13.6. The number of hydrogen-bond donors (Lipinski definition) is 1. The first-order valence-electron chi connectivity index (χ1n) is 11.2. The van der Waals surface area contributed by atoms with E-state index in [0.29, 0.717) is 13.2 Å². The molecule has 0 aliphatic rings. The van der Waals surface area contributed by atoms with Gasteiger partial charge in [-0.25, -0.2) is 0 Å². The van der Waals surface area contributed by atoms with Gasteiger partial charge in [-0.05, 0) is 58.1 Å². The first kappa shape index (κ1) is 25.5. The Hall–Kier alpha value is -3.11. The van der Waals surface area contributed by atoms with Crippen LogP contribution in [0.5, 0.6) is 5.75 Å². The molecule has 5 nitrogen and oxygen atoms in total. The number of nitrogens with zero attached hydrogens (tertiary/aromatic N) is 1. The van der Waals surface area contributed by atoms with Crippen molar-refractivity contribution in [3.05, 3.63) is 87.6 Å². The number of ether oxygens (including phenoxy) is 2. The van der Waals surface area contributed by atoms with Crippen molar-refractivity contribution in [1.82, 2.24) is 4.90 Å². The van der Waals surface area contributed by atoms with Crippen LogP contribution in [0, 0.1) is 11.8 Å². The second-order valence-corrected chi connectivity index (χ2v) is 8.84. The molecule has 0 saturated carbocycles. The van der Waals surface area contributed by atoms with Crippen LogP contribution < -0.4 is 4.74 Å². The fourth-order valence-electron chi connectivity index (χ4n) is 3.72. The van der Waals surface area contributed by atoms with Crippen LogP contribution in [0.1, 0.15) is 41.5 Å². The molecule has 3 aromatic rings. The second-order valence-electron chi connectivity index (χ2n) is 8.06. The zero-order valence-electron chi connectivity index (χ0n) is 19.7. The molecule has 1 heterocycles. The first-order valence-corrected chi connectivity index (χ1v) is 12.2. The van der Waals surface area contributed by atoms with Crippen LogP contribution in [-0.2, 0) is 29.2 Å². The Bertz CT molecular complexity index is 1080. The molecular weight excluding hydrogens is 446 g/mol. The minimum Gasteiger partial charge on any atom is -0.489 e. The van der Waals surface area contributed by atoms with Crippen molar-refractivity contribution < 1.29 is 19.4 Å². The van der Waals surface area contributed by atoms with E-state index in [-0.39, 0.29) is 12.3 Å². The molecule has 0 bridgehead atoms. The van der Waals surface area contributed by atoms with Crippen LogP contribution in [0.4, 0.5) is 0 Å². The Kier molecular flexibility index (Phi) is 10.2. The summed E-state index contributed by atoms with van der Waals surface area (Å²) < 4.78 is 11.3. The summed E-state index contributed by atoms with van der Waals surface area (Å²) in [6, 6.07) is 18.1. The molecule has 0 aliphatic heterocycles. The van der Waals surface area contributed by atoms with Gasteiger partial charge in [0, 0.05) is 26.7 Å². The van der Waals surface area contributed by atoms with Crippen molar-refractivity contribution in [3.63, 3.8) is 0 Å². The van der Waals surface area contributed by atoms with E-state index in [4.69, 9.17) is 14.6 Å². The Morgan fingerprint density at radius 3 is 2.53 bits per heavy atom. The van der Waals surface area contributed by atoms with E-state index in [0.717, 1.165) is 36.5 Å². The molecule has 0 radical (unpaired) electrons. The number of hydrogen-bond acceptors (Lipinski definition) is 5. The van der Waals surface area contributed by atoms with Crippen molar-refractivity contribution in [1.29, 1.82) is 0 Å². The highest BCUT2D eigenvalue weighted by Crippen LogP contribution is 2.23. The summed E-state index contributed by atoms with van der Waals surface area (Å²) >= 11 is 1.72. The SMILES string of the molecule is CC#C[C@@H](CC(=O)O)c1ccc(OCc2cccc(CN(CCOC)Cc3ccsc3)c2)cc1. The molecule has 0 aliphatic carbocycles. The van der Waals surface area contributed by atoms with E-state index in [9.17, 15) is 4.79 Å². The van der Waals surface area contributed by atoms with Crippen molar-refractivity contribution >= 4 is 17.3 Å². The molecule has 2 aromatic carbocycles. The van der Waals surface area contributed by atoms with Gasteiger partial charge in [0.15, 0.2) is 0 Å². The minimum absolute atomic E-state index is 0.0123. The first-order chi connectivity index (χ1) is 16.6. The highest BCUT2D eigenvalue weighted by Gasteiger charge is 2.13. The zero-order chi connectivity index (χ0) is 24.2. The van der Waals surface area contributed by atoms with Gasteiger partial charge in [0.25, 0.3) is 0 Å². The van der Waals surface area contributed by atoms with E-state index >= 15 is 0 Å². The molecule has 0 fully saturated rings. The highest BCUT2D eigenvalue weighted by atomic mass is 32.1. The molecule has 6 heteroatoms. The van der Waals surface area contributed by atoms with Gasteiger partial charge in [0.05, 0.1) is 18.9 Å². The third-order valence-electron chi connectivity index (χ3n) is 5.38. The number of carboxylic acids is 1. The molecular formula is C28H31NO4S. The van der Waals surface area contributed by atoms with Gasteiger partial charge in [-0.1, -0.05) is 42.3 Å². The lowest BCUT2D eigenvalue weighted by molar-refractivity contribution is -0.137. The van der Waals surface area contributed by atoms with Crippen LogP contribution >= 0.6 is 11.3 Å². The van der Waals surface area contributed by atoms with E-state index in [2.05, 4.69) is 57.8 Å². The van der Waals surface area contributed by atoms with Crippen LogP contribution in [0.15, 0.2) is 65.4 Å². The van der Waals surface area contributed by atoms with Gasteiger partial charge < -0.3 is 14.6 Å². The molecule has 0 spiro atoms. The van der Waals surface area contributed by atoms with Crippen molar-refractivity contribution in [3.8, 4) is 17.6 Å². The van der Waals surface area contributed by atoms with Crippen molar-refractivity contribution in [2.75, 3.05) is 20.3 Å². The summed E-state index contributed by atoms with van der Waals surface area (Å²) in [7, 11) is 1.73. The molecule has 1 atom stereocenters. The summed E-state index contributed by atoms with van der Waals surface area (Å²) in [4.78, 5) is 13.5. The van der Waals surface area contributed by atoms with Gasteiger partial charge in [0.2, 0.25) is 0 Å². The summed E-state index contributed by atoms with van der Waals surface area (Å²) in [5.74, 6) is 5.36. The Balaban J connectivity index is 1.60. The summed E-state index contributed by atoms with van der Waals surface area (Å²) in [6.45, 7) is 5.48. The van der Waals surface area contributed by atoms with Crippen molar-refractivity contribution in [2.45, 2.75) is 39.0 Å². The lowest BCUT2D eigenvalue weighted by Gasteiger charge is -2.22. The smallest absolute Gasteiger partial charge is 0.304 e. The number of carbonyl (C=O) groups is 1. The third-order valence-corrected chi connectivity index (χ3v) is 6.11. The van der Waals surface area contributed by atoms with E-state index in [1.54, 1.807) is 25.4 Å². The van der Waals surface area contributed by atoms with Gasteiger partial charge >= 0.3 is 5.97 Å². The van der Waals surface area contributed by atoms with E-state index in [1.807, 2.05) is 24.3 Å². The molecule has 3 rings (SSSR count). The monoisotopic (exact) mass is 477 g/mol. The molecule has 1 aromatic heterocycles. The highest BCUT2D eigenvalue weighted by molar-refractivity contribution is 7.07. The molecule has 1 N–H and O–H groups in total. The third kappa shape index (κ3) is 8.35. The van der Waals surface area contributed by atoms with Crippen LogP contribution in [0.25, 0.3) is 0 Å². The minimum atomic E-state index is -0.857. The lowest BCUT2D eigenvalue weighted by atomic mass is 9.96. The van der Waals surface area contributed by atoms with E-state index < -0.39 is 5.97 Å². The molecule has 0 unspecified atom stereocenters.